The maximum Gasteiger partial charge on any atom is 0.312 e. The van der Waals surface area contributed by atoms with Crippen LogP contribution in [0.15, 0.2) is 18.2 Å². The molecule has 1 aromatic carbocycles. The fourth-order valence-electron chi connectivity index (χ4n) is 2.11. The minimum Gasteiger partial charge on any atom is -0.490 e. The van der Waals surface area contributed by atoms with Crippen molar-refractivity contribution in [3.05, 3.63) is 28.3 Å². The molecule has 8 nitrogen and oxygen atoms in total. The summed E-state index contributed by atoms with van der Waals surface area (Å²) in [6.45, 7) is 2.24. The number of nitro benzene ring substituents is 1. The third-order valence-corrected chi connectivity index (χ3v) is 3.67. The smallest absolute Gasteiger partial charge is 0.312 e. The SMILES string of the molecule is COc1ccc(NC(=O)C2(C)COCC2N)cc1[N+](=O)[O-]. The molecule has 0 bridgehead atoms. The maximum absolute atomic E-state index is 12.3. The van der Waals surface area contributed by atoms with Gasteiger partial charge >= 0.3 is 5.69 Å². The number of nitro groups is 1. The van der Waals surface area contributed by atoms with Gasteiger partial charge in [-0.25, -0.2) is 0 Å². The molecule has 3 N–H and O–H groups in total. The van der Waals surface area contributed by atoms with Crippen molar-refractivity contribution in [2.75, 3.05) is 25.6 Å². The Balaban J connectivity index is 2.22. The zero-order valence-electron chi connectivity index (χ0n) is 11.8. The molecule has 1 saturated heterocycles. The van der Waals surface area contributed by atoms with E-state index in [4.69, 9.17) is 15.2 Å². The number of nitrogens with one attached hydrogen (secondary N) is 1. The van der Waals surface area contributed by atoms with Gasteiger partial charge in [-0.15, -0.1) is 0 Å². The third kappa shape index (κ3) is 2.81. The van der Waals surface area contributed by atoms with Crippen LogP contribution in [0.3, 0.4) is 0 Å². The number of methoxy groups -OCH3 is 1. The van der Waals surface area contributed by atoms with Crippen molar-refractivity contribution in [3.63, 3.8) is 0 Å². The lowest BCUT2D eigenvalue weighted by atomic mass is 9.85. The van der Waals surface area contributed by atoms with E-state index < -0.39 is 16.4 Å². The van der Waals surface area contributed by atoms with E-state index in [1.54, 1.807) is 6.92 Å². The summed E-state index contributed by atoms with van der Waals surface area (Å²) in [6.07, 6.45) is 0. The second kappa shape index (κ2) is 5.66. The number of benzene rings is 1. The van der Waals surface area contributed by atoms with E-state index in [0.29, 0.717) is 12.3 Å². The number of hydrogen-bond acceptors (Lipinski definition) is 6. The average Bonchev–Trinajstić information content (AvgIpc) is 2.79. The van der Waals surface area contributed by atoms with Crippen LogP contribution in [0.2, 0.25) is 0 Å². The molecule has 1 heterocycles. The van der Waals surface area contributed by atoms with Crippen LogP contribution in [0, 0.1) is 15.5 Å². The molecule has 0 aromatic heterocycles. The number of anilines is 1. The fourth-order valence-corrected chi connectivity index (χ4v) is 2.11. The van der Waals surface area contributed by atoms with Crippen molar-refractivity contribution in [2.24, 2.45) is 11.1 Å². The summed E-state index contributed by atoms with van der Waals surface area (Å²) in [4.78, 5) is 22.7. The van der Waals surface area contributed by atoms with Gasteiger partial charge in [0, 0.05) is 17.8 Å². The lowest BCUT2D eigenvalue weighted by molar-refractivity contribution is -0.385. The molecule has 114 valence electrons. The Morgan fingerprint density at radius 2 is 2.33 bits per heavy atom. The van der Waals surface area contributed by atoms with Crippen molar-refractivity contribution in [2.45, 2.75) is 13.0 Å². The summed E-state index contributed by atoms with van der Waals surface area (Å²) in [7, 11) is 1.34. The number of ether oxygens (including phenoxy) is 2. The summed E-state index contributed by atoms with van der Waals surface area (Å²) in [6, 6.07) is 3.81. The molecular formula is C13H17N3O5. The predicted molar refractivity (Wildman–Crippen MR) is 75.2 cm³/mol. The van der Waals surface area contributed by atoms with Crippen LogP contribution < -0.4 is 15.8 Å². The quantitative estimate of drug-likeness (QED) is 0.629. The molecular weight excluding hydrogens is 278 g/mol. The van der Waals surface area contributed by atoms with Gasteiger partial charge < -0.3 is 20.5 Å². The lowest BCUT2D eigenvalue weighted by Gasteiger charge is -2.25. The largest absolute Gasteiger partial charge is 0.490 e. The predicted octanol–water partition coefficient (Wildman–Crippen LogP) is 0.906. The second-order valence-electron chi connectivity index (χ2n) is 5.14. The zero-order valence-corrected chi connectivity index (χ0v) is 11.8. The van der Waals surface area contributed by atoms with Gasteiger partial charge in [0.25, 0.3) is 0 Å². The van der Waals surface area contributed by atoms with Crippen LogP contribution in [0.4, 0.5) is 11.4 Å². The van der Waals surface area contributed by atoms with Gasteiger partial charge in [0.2, 0.25) is 5.91 Å². The van der Waals surface area contributed by atoms with Crippen LogP contribution in [-0.4, -0.2) is 37.2 Å². The number of nitrogens with zero attached hydrogens (tertiary/aromatic N) is 1. The molecule has 1 fully saturated rings. The Hall–Kier alpha value is -2.19. The first-order valence-electron chi connectivity index (χ1n) is 6.35. The van der Waals surface area contributed by atoms with E-state index in [1.165, 1.54) is 25.3 Å². The minimum absolute atomic E-state index is 0.130. The first-order valence-corrected chi connectivity index (χ1v) is 6.35. The van der Waals surface area contributed by atoms with Gasteiger partial charge in [-0.2, -0.15) is 0 Å². The Labute approximate surface area is 121 Å². The monoisotopic (exact) mass is 295 g/mol. The summed E-state index contributed by atoms with van der Waals surface area (Å²) in [5.41, 5.74) is 5.12. The first kappa shape index (κ1) is 15.2. The van der Waals surface area contributed by atoms with E-state index in [9.17, 15) is 14.9 Å². The molecule has 0 radical (unpaired) electrons. The Bertz CT molecular complexity index is 577. The maximum atomic E-state index is 12.3. The van der Waals surface area contributed by atoms with Crippen LogP contribution in [-0.2, 0) is 9.53 Å². The van der Waals surface area contributed by atoms with Gasteiger partial charge in [0.05, 0.1) is 30.7 Å². The van der Waals surface area contributed by atoms with Crippen molar-refractivity contribution in [1.29, 1.82) is 0 Å². The molecule has 0 saturated carbocycles. The van der Waals surface area contributed by atoms with Crippen molar-refractivity contribution >= 4 is 17.3 Å². The highest BCUT2D eigenvalue weighted by molar-refractivity contribution is 5.96. The highest BCUT2D eigenvalue weighted by Crippen LogP contribution is 2.32. The van der Waals surface area contributed by atoms with Gasteiger partial charge in [-0.1, -0.05) is 0 Å². The highest BCUT2D eigenvalue weighted by atomic mass is 16.6. The molecule has 2 unspecified atom stereocenters. The topological polar surface area (TPSA) is 117 Å². The van der Waals surface area contributed by atoms with Gasteiger partial charge in [0.1, 0.15) is 0 Å². The third-order valence-electron chi connectivity index (χ3n) is 3.67. The first-order chi connectivity index (χ1) is 9.88. The molecule has 1 aromatic rings. The molecule has 2 atom stereocenters. The normalized spacial score (nSPS) is 24.6. The van der Waals surface area contributed by atoms with Crippen LogP contribution >= 0.6 is 0 Å². The molecule has 8 heteroatoms. The summed E-state index contributed by atoms with van der Waals surface area (Å²) >= 11 is 0. The van der Waals surface area contributed by atoms with E-state index in [0.717, 1.165) is 0 Å². The number of rotatable bonds is 4. The van der Waals surface area contributed by atoms with Crippen LogP contribution in [0.25, 0.3) is 0 Å². The number of amides is 1. The molecule has 1 aliphatic heterocycles. The van der Waals surface area contributed by atoms with E-state index >= 15 is 0 Å². The molecule has 2 rings (SSSR count). The van der Waals surface area contributed by atoms with Gasteiger partial charge in [-0.3, -0.25) is 14.9 Å². The summed E-state index contributed by atoms with van der Waals surface area (Å²) in [5, 5.41) is 13.6. The second-order valence-corrected chi connectivity index (χ2v) is 5.14. The number of hydrogen-bond donors (Lipinski definition) is 2. The van der Waals surface area contributed by atoms with E-state index in [1.807, 2.05) is 0 Å². The highest BCUT2D eigenvalue weighted by Gasteiger charge is 2.44. The zero-order chi connectivity index (χ0) is 15.6. The van der Waals surface area contributed by atoms with E-state index in [2.05, 4.69) is 5.32 Å². The summed E-state index contributed by atoms with van der Waals surface area (Å²) < 4.78 is 10.1. The van der Waals surface area contributed by atoms with Crippen molar-refractivity contribution in [3.8, 4) is 5.75 Å². The molecule has 0 aliphatic carbocycles. The Morgan fingerprint density at radius 3 is 2.86 bits per heavy atom. The lowest BCUT2D eigenvalue weighted by Crippen LogP contribution is -2.47. The molecule has 1 amide bonds. The van der Waals surface area contributed by atoms with Crippen LogP contribution in [0.5, 0.6) is 5.75 Å². The fraction of sp³-hybridized carbons (Fsp3) is 0.462. The summed E-state index contributed by atoms with van der Waals surface area (Å²) in [5.74, 6) is -0.197. The van der Waals surface area contributed by atoms with Crippen molar-refractivity contribution in [1.82, 2.24) is 0 Å². The number of carbonyl (C=O) groups excluding carboxylic acids is 1. The Kier molecular flexibility index (Phi) is 4.10. The molecule has 21 heavy (non-hydrogen) atoms. The molecule has 0 spiro atoms. The van der Waals surface area contributed by atoms with Crippen molar-refractivity contribution < 1.29 is 19.2 Å². The number of carbonyl (C=O) groups is 1. The molecule has 1 aliphatic rings. The number of nitrogens with two attached hydrogens (primary N) is 1. The minimum atomic E-state index is -0.852. The van der Waals surface area contributed by atoms with Gasteiger partial charge in [0.15, 0.2) is 5.75 Å². The van der Waals surface area contributed by atoms with Gasteiger partial charge in [-0.05, 0) is 19.1 Å². The average molecular weight is 295 g/mol. The Morgan fingerprint density at radius 1 is 1.62 bits per heavy atom. The van der Waals surface area contributed by atoms with Crippen LogP contribution in [0.1, 0.15) is 6.92 Å². The van der Waals surface area contributed by atoms with E-state index in [-0.39, 0.29) is 24.0 Å². The standard InChI is InChI=1S/C13H17N3O5/c1-13(7-21-6-11(13)14)12(17)15-8-3-4-10(20-2)9(5-8)16(18)19/h3-5,11H,6-7,14H2,1-2H3,(H,15,17).